The lowest BCUT2D eigenvalue weighted by atomic mass is 9.97. The average Bonchev–Trinajstić information content (AvgIpc) is 2.81. The number of halogens is 1. The Bertz CT molecular complexity index is 1180. The molecule has 0 saturated carbocycles. The number of hydrogen-bond acceptors (Lipinski definition) is 6. The smallest absolute Gasteiger partial charge is 0.142 e. The van der Waals surface area contributed by atoms with Crippen LogP contribution in [0.25, 0.3) is 11.1 Å². The van der Waals surface area contributed by atoms with Crippen molar-refractivity contribution in [2.45, 2.75) is 32.7 Å². The van der Waals surface area contributed by atoms with Crippen LogP contribution in [-0.4, -0.2) is 33.7 Å². The maximum atomic E-state index is 15.7. The van der Waals surface area contributed by atoms with Crippen LogP contribution in [0.5, 0.6) is 0 Å². The topological polar surface area (TPSA) is 90.9 Å². The first kappa shape index (κ1) is 22.6. The molecule has 0 amide bonds. The summed E-state index contributed by atoms with van der Waals surface area (Å²) in [5, 5.41) is 11.6. The number of piperidine rings is 1. The van der Waals surface area contributed by atoms with Crippen LogP contribution in [0.1, 0.15) is 36.0 Å². The molecule has 3 aromatic rings. The van der Waals surface area contributed by atoms with E-state index in [-0.39, 0.29) is 22.7 Å². The highest BCUT2D eigenvalue weighted by molar-refractivity contribution is 6.15. The molecule has 7 heteroatoms. The Hall–Kier alpha value is -3.58. The molecule has 0 bridgehead atoms. The largest absolute Gasteiger partial charge is 0.398 e. The molecule has 1 aromatic carbocycles. The van der Waals surface area contributed by atoms with E-state index in [0.29, 0.717) is 16.9 Å². The summed E-state index contributed by atoms with van der Waals surface area (Å²) in [5.74, 6) is 0.00890. The SMILES string of the molecule is C=C(Nc1ncccc1C)C(=N)c1c(N)ccc(-c2cncc(CN3CCCCC3)c2)c1F. The molecule has 1 aliphatic heterocycles. The molecule has 1 aliphatic rings. The van der Waals surface area contributed by atoms with Crippen LogP contribution < -0.4 is 11.1 Å². The molecule has 0 unspecified atom stereocenters. The lowest BCUT2D eigenvalue weighted by Crippen LogP contribution is -2.29. The zero-order valence-electron chi connectivity index (χ0n) is 18.9. The number of nitrogen functional groups attached to an aromatic ring is 1. The molecule has 3 heterocycles. The second-order valence-corrected chi connectivity index (χ2v) is 8.46. The van der Waals surface area contributed by atoms with Crippen molar-refractivity contribution >= 4 is 17.2 Å². The van der Waals surface area contributed by atoms with Gasteiger partial charge in [-0.25, -0.2) is 9.37 Å². The van der Waals surface area contributed by atoms with E-state index in [1.807, 2.05) is 31.3 Å². The maximum Gasteiger partial charge on any atom is 0.142 e. The summed E-state index contributed by atoms with van der Waals surface area (Å²) in [5.41, 5.74) is 9.35. The Morgan fingerprint density at radius 2 is 2.00 bits per heavy atom. The number of nitrogens with zero attached hydrogens (tertiary/aromatic N) is 3. The summed E-state index contributed by atoms with van der Waals surface area (Å²) in [6.07, 6.45) is 8.82. The molecule has 33 heavy (non-hydrogen) atoms. The van der Waals surface area contributed by atoms with Gasteiger partial charge in [-0.2, -0.15) is 0 Å². The third kappa shape index (κ3) is 5.09. The minimum absolute atomic E-state index is 0.0139. The van der Waals surface area contributed by atoms with Crippen LogP contribution in [-0.2, 0) is 6.54 Å². The highest BCUT2D eigenvalue weighted by atomic mass is 19.1. The minimum atomic E-state index is -0.558. The second-order valence-electron chi connectivity index (χ2n) is 8.46. The summed E-state index contributed by atoms with van der Waals surface area (Å²) in [6, 6.07) is 8.95. The highest BCUT2D eigenvalue weighted by Gasteiger charge is 2.20. The van der Waals surface area contributed by atoms with Crippen molar-refractivity contribution < 1.29 is 4.39 Å². The molecule has 170 valence electrons. The van der Waals surface area contributed by atoms with Crippen molar-refractivity contribution in [2.24, 2.45) is 0 Å². The third-order valence-corrected chi connectivity index (χ3v) is 5.97. The molecule has 0 atom stereocenters. The molecule has 4 rings (SSSR count). The summed E-state index contributed by atoms with van der Waals surface area (Å²) < 4.78 is 15.7. The quantitative estimate of drug-likeness (QED) is 0.346. The summed E-state index contributed by atoms with van der Waals surface area (Å²) in [4.78, 5) is 11.0. The van der Waals surface area contributed by atoms with Gasteiger partial charge in [-0.3, -0.25) is 15.3 Å². The fourth-order valence-electron chi connectivity index (χ4n) is 4.14. The Labute approximate surface area is 193 Å². The third-order valence-electron chi connectivity index (χ3n) is 5.97. The van der Waals surface area contributed by atoms with E-state index < -0.39 is 5.82 Å². The molecule has 4 N–H and O–H groups in total. The van der Waals surface area contributed by atoms with E-state index in [2.05, 4.69) is 26.8 Å². The van der Waals surface area contributed by atoms with Crippen molar-refractivity contribution in [3.8, 4) is 11.1 Å². The summed E-state index contributed by atoms with van der Waals surface area (Å²) in [7, 11) is 0. The number of anilines is 2. The summed E-state index contributed by atoms with van der Waals surface area (Å²) >= 11 is 0. The molecule has 0 aliphatic carbocycles. The van der Waals surface area contributed by atoms with Gasteiger partial charge in [-0.1, -0.05) is 19.1 Å². The van der Waals surface area contributed by atoms with Crippen molar-refractivity contribution in [1.29, 1.82) is 5.41 Å². The number of pyridine rings is 2. The molecule has 0 radical (unpaired) electrons. The second kappa shape index (κ2) is 9.92. The normalized spacial score (nSPS) is 14.1. The first-order valence-electron chi connectivity index (χ1n) is 11.2. The van der Waals surface area contributed by atoms with Crippen molar-refractivity contribution in [3.05, 3.63) is 83.7 Å². The number of hydrogen-bond donors (Lipinski definition) is 3. The van der Waals surface area contributed by atoms with Gasteiger partial charge in [0.2, 0.25) is 0 Å². The van der Waals surface area contributed by atoms with Gasteiger partial charge in [0.15, 0.2) is 0 Å². The van der Waals surface area contributed by atoms with Crippen LogP contribution >= 0.6 is 0 Å². The molecule has 2 aromatic heterocycles. The van der Waals surface area contributed by atoms with Crippen molar-refractivity contribution in [1.82, 2.24) is 14.9 Å². The van der Waals surface area contributed by atoms with Gasteiger partial charge >= 0.3 is 0 Å². The molecule has 1 saturated heterocycles. The van der Waals surface area contributed by atoms with Gasteiger partial charge < -0.3 is 11.1 Å². The molecule has 6 nitrogen and oxygen atoms in total. The Morgan fingerprint density at radius 3 is 2.76 bits per heavy atom. The number of nitrogens with one attached hydrogen (secondary N) is 2. The van der Waals surface area contributed by atoms with Crippen LogP contribution in [0, 0.1) is 18.2 Å². The predicted molar refractivity (Wildman–Crippen MR) is 132 cm³/mol. The van der Waals surface area contributed by atoms with Crippen LogP contribution in [0.4, 0.5) is 15.9 Å². The first-order valence-corrected chi connectivity index (χ1v) is 11.2. The number of likely N-dealkylation sites (tertiary alicyclic amines) is 1. The van der Waals surface area contributed by atoms with E-state index in [9.17, 15) is 0 Å². The standard InChI is InChI=1S/C26H29FN6/c1-17-7-6-10-31-26(17)32-18(2)25(29)23-22(28)9-8-21(24(23)27)20-13-19(14-30-15-20)16-33-11-4-3-5-12-33/h6-10,13-15,29H,2-5,11-12,16,28H2,1H3,(H,31,32). The van der Waals surface area contributed by atoms with E-state index in [0.717, 1.165) is 30.8 Å². The number of benzene rings is 1. The molecule has 1 fully saturated rings. The van der Waals surface area contributed by atoms with Crippen LogP contribution in [0.3, 0.4) is 0 Å². The number of rotatable bonds is 7. The Kier molecular flexibility index (Phi) is 6.79. The van der Waals surface area contributed by atoms with Crippen molar-refractivity contribution in [3.63, 3.8) is 0 Å². The Balaban J connectivity index is 1.60. The predicted octanol–water partition coefficient (Wildman–Crippen LogP) is 5.15. The van der Waals surface area contributed by atoms with E-state index in [1.165, 1.54) is 19.3 Å². The number of aromatic nitrogens is 2. The van der Waals surface area contributed by atoms with Crippen molar-refractivity contribution in [2.75, 3.05) is 24.1 Å². The lowest BCUT2D eigenvalue weighted by molar-refractivity contribution is 0.220. The van der Waals surface area contributed by atoms with Gasteiger partial charge in [0.1, 0.15) is 11.6 Å². The first-order chi connectivity index (χ1) is 15.9. The fourth-order valence-corrected chi connectivity index (χ4v) is 4.14. The lowest BCUT2D eigenvalue weighted by Gasteiger charge is -2.26. The van der Waals surface area contributed by atoms with E-state index in [1.54, 1.807) is 24.5 Å². The van der Waals surface area contributed by atoms with Crippen LogP contribution in [0.2, 0.25) is 0 Å². The molecule has 0 spiro atoms. The van der Waals surface area contributed by atoms with E-state index >= 15 is 4.39 Å². The van der Waals surface area contributed by atoms with Gasteiger partial charge in [0, 0.05) is 41.9 Å². The fraction of sp³-hybridized carbons (Fsp3) is 0.269. The van der Waals surface area contributed by atoms with Gasteiger partial charge in [0.05, 0.1) is 17.0 Å². The van der Waals surface area contributed by atoms with Crippen LogP contribution in [0.15, 0.2) is 61.2 Å². The zero-order valence-corrected chi connectivity index (χ0v) is 18.9. The molecular formula is C26H29FN6. The zero-order chi connectivity index (χ0) is 23.4. The number of aryl methyl sites for hydroxylation is 1. The van der Waals surface area contributed by atoms with Gasteiger partial charge in [-0.15, -0.1) is 0 Å². The molecular weight excluding hydrogens is 415 g/mol. The van der Waals surface area contributed by atoms with Gasteiger partial charge in [0.25, 0.3) is 0 Å². The highest BCUT2D eigenvalue weighted by Crippen LogP contribution is 2.30. The average molecular weight is 445 g/mol. The number of nitrogens with two attached hydrogens (primary N) is 1. The maximum absolute atomic E-state index is 15.7. The minimum Gasteiger partial charge on any atom is -0.398 e. The van der Waals surface area contributed by atoms with E-state index in [4.69, 9.17) is 11.1 Å². The van der Waals surface area contributed by atoms with Gasteiger partial charge in [-0.05, 0) is 68.2 Å². The summed E-state index contributed by atoms with van der Waals surface area (Å²) in [6.45, 7) is 8.76. The monoisotopic (exact) mass is 444 g/mol. The Morgan fingerprint density at radius 1 is 1.21 bits per heavy atom. The number of allylic oxidation sites excluding steroid dienone is 1.